The van der Waals surface area contributed by atoms with Crippen LogP contribution in [0.2, 0.25) is 0 Å². The largest absolute Gasteiger partial charge is 0.481 e. The molecule has 2 aromatic heterocycles. The first kappa shape index (κ1) is 55.9. The highest BCUT2D eigenvalue weighted by atomic mass is 32.2. The predicted octanol–water partition coefficient (Wildman–Crippen LogP) is -3.18. The molecule has 1 fully saturated rings. The highest BCUT2D eigenvalue weighted by molar-refractivity contribution is 8.13. The lowest BCUT2D eigenvalue weighted by Crippen LogP contribution is -2.46. The second kappa shape index (κ2) is 23.0. The Balaban J connectivity index is 1.40. The van der Waals surface area contributed by atoms with Crippen LogP contribution in [0.4, 0.5) is 5.82 Å². The Bertz CT molecular complexity index is 2270. The van der Waals surface area contributed by atoms with Crippen molar-refractivity contribution in [2.75, 3.05) is 44.3 Å². The van der Waals surface area contributed by atoms with Gasteiger partial charge in [-0.3, -0.25) is 47.1 Å². The number of amides is 2. The molecule has 1 saturated heterocycles. The molecule has 64 heavy (non-hydrogen) atoms. The zero-order valence-corrected chi connectivity index (χ0v) is 38.7. The van der Waals surface area contributed by atoms with Gasteiger partial charge in [0.25, 0.3) is 7.59 Å². The molecular formula is C26H49N11O21P4S2. The second-order valence-corrected chi connectivity index (χ2v) is 22.8. The maximum absolute atomic E-state index is 12.7. The SMILES string of the molecule is CC(C)(COP(=O)(O)OP(=O)(O)OCC1OC(n2cnc3c(N)ncnc32)C(O)C1OP(=O)(O)O)C(O)C(=O)NCCC(=O)NCCSC(=O)C(N)CCCNP(N)(=O)NS(=O)(=O)O. The lowest BCUT2D eigenvalue weighted by molar-refractivity contribution is -0.137. The van der Waals surface area contributed by atoms with Crippen molar-refractivity contribution < 1.29 is 98.0 Å². The molecule has 9 unspecified atom stereocenters. The van der Waals surface area contributed by atoms with Crippen LogP contribution in [0.3, 0.4) is 0 Å². The Hall–Kier alpha value is -2.46. The van der Waals surface area contributed by atoms with Crippen LogP contribution in [0.5, 0.6) is 0 Å². The van der Waals surface area contributed by atoms with Crippen molar-refractivity contribution in [2.45, 2.75) is 69.8 Å². The molecule has 0 saturated carbocycles. The fourth-order valence-electron chi connectivity index (χ4n) is 5.28. The maximum Gasteiger partial charge on any atom is 0.481 e. The molecule has 0 radical (unpaired) electrons. The van der Waals surface area contributed by atoms with E-state index in [1.807, 2.05) is 0 Å². The second-order valence-electron chi connectivity index (χ2n) is 14.1. The molecule has 17 N–H and O–H groups in total. The number of aliphatic hydroxyl groups is 2. The number of nitrogens with one attached hydrogen (secondary N) is 4. The number of hydrogen-bond acceptors (Lipinski definition) is 22. The van der Waals surface area contributed by atoms with Gasteiger partial charge in [0, 0.05) is 37.2 Å². The third-order valence-electron chi connectivity index (χ3n) is 8.34. The average Bonchev–Trinajstić information content (AvgIpc) is 3.71. The van der Waals surface area contributed by atoms with E-state index in [0.717, 1.165) is 29.0 Å². The lowest BCUT2D eigenvalue weighted by atomic mass is 9.87. The number of aliphatic hydroxyl groups excluding tert-OH is 2. The summed E-state index contributed by atoms with van der Waals surface area (Å²) in [5.41, 5.74) is 15.2. The smallest absolute Gasteiger partial charge is 0.386 e. The summed E-state index contributed by atoms with van der Waals surface area (Å²) in [7, 11) is -25.5. The number of anilines is 1. The number of aromatic nitrogens is 4. The summed E-state index contributed by atoms with van der Waals surface area (Å²) in [6.45, 7) is -0.0951. The number of nitrogens with two attached hydrogens (primary N) is 3. The number of nitrogen functional groups attached to an aromatic ring is 1. The summed E-state index contributed by atoms with van der Waals surface area (Å²) in [6.07, 6.45) is -7.02. The minimum absolute atomic E-state index is 0.00736. The third kappa shape index (κ3) is 18.3. The van der Waals surface area contributed by atoms with E-state index in [2.05, 4.69) is 39.5 Å². The number of carbonyl (C=O) groups excluding carboxylic acids is 3. The van der Waals surface area contributed by atoms with Crippen LogP contribution >= 0.6 is 42.8 Å². The van der Waals surface area contributed by atoms with Gasteiger partial charge in [0.1, 0.15) is 36.3 Å². The number of nitrogens with zero attached hydrogens (tertiary/aromatic N) is 4. The first-order valence-electron chi connectivity index (χ1n) is 18.0. The van der Waals surface area contributed by atoms with Gasteiger partial charge < -0.3 is 56.6 Å². The number of phosphoric ester groups is 3. The van der Waals surface area contributed by atoms with E-state index in [1.54, 1.807) is 0 Å². The molecule has 2 aromatic rings. The normalized spacial score (nSPS) is 22.2. The Kier molecular flexibility index (Phi) is 20.1. The van der Waals surface area contributed by atoms with Crippen molar-refractivity contribution in [3.05, 3.63) is 12.7 Å². The predicted molar refractivity (Wildman–Crippen MR) is 219 cm³/mol. The summed E-state index contributed by atoms with van der Waals surface area (Å²) in [5.74, 6) is -1.57. The van der Waals surface area contributed by atoms with E-state index >= 15 is 0 Å². The topological polar surface area (TPSA) is 511 Å². The molecule has 0 spiro atoms. The number of fused-ring (bicyclic) bond motifs is 1. The van der Waals surface area contributed by atoms with Crippen LogP contribution in [0.1, 0.15) is 39.3 Å². The van der Waals surface area contributed by atoms with Gasteiger partial charge in [0.15, 0.2) is 17.7 Å². The molecule has 3 rings (SSSR count). The van der Waals surface area contributed by atoms with Crippen LogP contribution in [0, 0.1) is 5.41 Å². The monoisotopic (exact) mass is 1040 g/mol. The van der Waals surface area contributed by atoms with Gasteiger partial charge in [-0.2, -0.15) is 12.7 Å². The number of ether oxygens (including phenoxy) is 1. The standard InChI is InChI=1S/C26H49N11O21P4S2/c1-26(2,20(40)23(41)31-7-5-16(38)30-8-9-63-25(42)14(27)4-3-6-35-59(29,43)36-64(51,52)53)11-55-62(49,50)58-61(47,48)54-10-15-19(57-60(44,45)46)18(39)24(56-15)37-13-34-17-21(28)32-12-33-22(17)37/h12-15,18-20,24,39-40H,3-11,27H2,1-2H3,(H,30,38)(H,31,41)(H,47,48)(H,49,50)(H2,28,32,33)(H2,44,45,46)(H,51,52,53)(H4,29,35,36,43). The molecule has 3 heterocycles. The first-order chi connectivity index (χ1) is 29.3. The molecule has 366 valence electrons. The molecule has 0 aliphatic carbocycles. The Labute approximate surface area is 367 Å². The van der Waals surface area contributed by atoms with Gasteiger partial charge in [-0.1, -0.05) is 25.6 Å². The number of rotatable bonds is 27. The molecule has 9 atom stereocenters. The Morgan fingerprint density at radius 3 is 2.33 bits per heavy atom. The molecule has 38 heteroatoms. The zero-order valence-electron chi connectivity index (χ0n) is 33.5. The van der Waals surface area contributed by atoms with Gasteiger partial charge >= 0.3 is 33.8 Å². The van der Waals surface area contributed by atoms with Crippen LogP contribution in [-0.4, -0.2) is 148 Å². The van der Waals surface area contributed by atoms with E-state index < -0.39 is 114 Å². The molecule has 2 amide bonds. The van der Waals surface area contributed by atoms with Gasteiger partial charge in [-0.15, -0.1) is 4.49 Å². The average molecular weight is 1040 g/mol. The van der Waals surface area contributed by atoms with E-state index in [9.17, 15) is 70.8 Å². The summed E-state index contributed by atoms with van der Waals surface area (Å²) in [5, 5.41) is 28.0. The summed E-state index contributed by atoms with van der Waals surface area (Å²) < 4.78 is 105. The highest BCUT2D eigenvalue weighted by Gasteiger charge is 2.50. The quantitative estimate of drug-likeness (QED) is 0.0238. The summed E-state index contributed by atoms with van der Waals surface area (Å²) >= 11 is 0.800. The molecular weight excluding hydrogens is 990 g/mol. The molecule has 0 aromatic carbocycles. The minimum atomic E-state index is -5.62. The van der Waals surface area contributed by atoms with Gasteiger partial charge in [-0.25, -0.2) is 33.7 Å². The number of thioether (sulfide) groups is 1. The van der Waals surface area contributed by atoms with Crippen molar-refractivity contribution in [3.8, 4) is 0 Å². The minimum Gasteiger partial charge on any atom is -0.386 e. The third-order valence-corrected chi connectivity index (χ3v) is 15.1. The van der Waals surface area contributed by atoms with Crippen LogP contribution in [0.15, 0.2) is 12.7 Å². The number of imidazole rings is 1. The first-order valence-corrected chi connectivity index (χ1v) is 26.8. The molecule has 1 aliphatic heterocycles. The van der Waals surface area contributed by atoms with Gasteiger partial charge in [0.05, 0.1) is 25.6 Å². The molecule has 32 nitrogen and oxygen atoms in total. The zero-order chi connectivity index (χ0) is 48.5. The number of hydrogen-bond donors (Lipinski definition) is 14. The van der Waals surface area contributed by atoms with E-state index in [-0.39, 0.29) is 61.6 Å². The van der Waals surface area contributed by atoms with Crippen molar-refractivity contribution in [2.24, 2.45) is 16.7 Å². The van der Waals surface area contributed by atoms with Gasteiger partial charge in [0.2, 0.25) is 16.9 Å². The summed E-state index contributed by atoms with van der Waals surface area (Å²) in [4.78, 5) is 88.0. The van der Waals surface area contributed by atoms with Crippen LogP contribution in [0.25, 0.3) is 11.2 Å². The molecule has 1 aliphatic rings. The fraction of sp³-hybridized carbons (Fsp3) is 0.692. The van der Waals surface area contributed by atoms with Crippen molar-refractivity contribution in [1.82, 2.24) is 39.7 Å². The summed E-state index contributed by atoms with van der Waals surface area (Å²) in [6, 6.07) is -0.966. The highest BCUT2D eigenvalue weighted by Crippen LogP contribution is 2.61. The van der Waals surface area contributed by atoms with Crippen molar-refractivity contribution in [3.63, 3.8) is 0 Å². The van der Waals surface area contributed by atoms with E-state index in [0.29, 0.717) is 0 Å². The van der Waals surface area contributed by atoms with Crippen LogP contribution < -0.4 is 37.2 Å². The van der Waals surface area contributed by atoms with Crippen molar-refractivity contribution >= 4 is 87.0 Å². The Morgan fingerprint density at radius 1 is 1.03 bits per heavy atom. The van der Waals surface area contributed by atoms with Crippen LogP contribution in [-0.2, 0) is 65.6 Å². The number of phosphoric acid groups is 3. The lowest BCUT2D eigenvalue weighted by Gasteiger charge is -2.30. The van der Waals surface area contributed by atoms with E-state index in [4.69, 9.17) is 35.3 Å². The van der Waals surface area contributed by atoms with Gasteiger partial charge in [-0.05, 0) is 12.8 Å². The Morgan fingerprint density at radius 2 is 1.69 bits per heavy atom. The van der Waals surface area contributed by atoms with E-state index in [1.165, 1.54) is 18.3 Å². The fourth-order valence-corrected chi connectivity index (χ4v) is 11.0. The number of carbonyl (C=O) groups is 3. The molecule has 0 bridgehead atoms. The van der Waals surface area contributed by atoms with Crippen molar-refractivity contribution in [1.29, 1.82) is 0 Å². The maximum atomic E-state index is 12.7.